The van der Waals surface area contributed by atoms with Crippen molar-refractivity contribution in [2.45, 2.75) is 13.5 Å². The number of benzene rings is 1. The summed E-state index contributed by atoms with van der Waals surface area (Å²) in [5.41, 5.74) is 0.607. The van der Waals surface area contributed by atoms with Crippen LogP contribution < -0.4 is 0 Å². The Hall–Kier alpha value is -2.77. The van der Waals surface area contributed by atoms with Gasteiger partial charge in [0.25, 0.3) is 5.69 Å². The van der Waals surface area contributed by atoms with Crippen molar-refractivity contribution < 1.29 is 14.8 Å². The fourth-order valence-corrected chi connectivity index (χ4v) is 1.69. The standard InChI is InChI=1S/C11H10N4O4/c1-7-10(11(16)17)12-13-14(7)6-8-4-2-3-5-9(8)15(18)19/h2-5H,6H2,1H3,(H,16,17). The number of carbonyl (C=O) groups is 1. The zero-order valence-electron chi connectivity index (χ0n) is 9.98. The van der Waals surface area contributed by atoms with Crippen LogP contribution in [0.25, 0.3) is 0 Å². The van der Waals surface area contributed by atoms with Crippen molar-refractivity contribution in [3.05, 3.63) is 51.3 Å². The van der Waals surface area contributed by atoms with Gasteiger partial charge in [0.1, 0.15) is 0 Å². The third-order valence-corrected chi connectivity index (χ3v) is 2.69. The molecule has 1 aromatic heterocycles. The Balaban J connectivity index is 2.37. The number of carboxylic acids is 1. The third kappa shape index (κ3) is 2.41. The molecular formula is C11H10N4O4. The van der Waals surface area contributed by atoms with Gasteiger partial charge in [-0.3, -0.25) is 10.1 Å². The number of aromatic carboxylic acids is 1. The van der Waals surface area contributed by atoms with Gasteiger partial charge in [-0.25, -0.2) is 9.48 Å². The van der Waals surface area contributed by atoms with Crippen LogP contribution in [-0.2, 0) is 6.54 Å². The number of carboxylic acid groups (broad SMARTS) is 1. The van der Waals surface area contributed by atoms with E-state index in [1.807, 2.05) is 0 Å². The Morgan fingerprint density at radius 3 is 2.74 bits per heavy atom. The molecule has 0 atom stereocenters. The van der Waals surface area contributed by atoms with E-state index >= 15 is 0 Å². The predicted molar refractivity (Wildman–Crippen MR) is 63.9 cm³/mol. The molecular weight excluding hydrogens is 252 g/mol. The molecule has 0 unspecified atom stereocenters. The number of hydrogen-bond acceptors (Lipinski definition) is 5. The van der Waals surface area contributed by atoms with E-state index in [9.17, 15) is 14.9 Å². The molecule has 1 aromatic carbocycles. The summed E-state index contributed by atoms with van der Waals surface area (Å²) < 4.78 is 1.33. The smallest absolute Gasteiger partial charge is 0.358 e. The zero-order valence-corrected chi connectivity index (χ0v) is 9.98. The Bertz CT molecular complexity index is 650. The monoisotopic (exact) mass is 262 g/mol. The molecule has 0 radical (unpaired) electrons. The summed E-state index contributed by atoms with van der Waals surface area (Å²) >= 11 is 0. The Morgan fingerprint density at radius 1 is 1.47 bits per heavy atom. The van der Waals surface area contributed by atoms with Crippen molar-refractivity contribution in [3.8, 4) is 0 Å². The molecule has 19 heavy (non-hydrogen) atoms. The summed E-state index contributed by atoms with van der Waals surface area (Å²) in [4.78, 5) is 21.2. The molecule has 98 valence electrons. The van der Waals surface area contributed by atoms with Crippen molar-refractivity contribution in [2.75, 3.05) is 0 Å². The third-order valence-electron chi connectivity index (χ3n) is 2.69. The molecule has 0 aliphatic rings. The second-order valence-electron chi connectivity index (χ2n) is 3.87. The van der Waals surface area contributed by atoms with Crippen LogP contribution in [0.15, 0.2) is 24.3 Å². The van der Waals surface area contributed by atoms with Crippen molar-refractivity contribution in [1.29, 1.82) is 0 Å². The minimum absolute atomic E-state index is 0.0331. The van der Waals surface area contributed by atoms with E-state index < -0.39 is 10.9 Å². The highest BCUT2D eigenvalue weighted by atomic mass is 16.6. The molecule has 1 N–H and O–H groups in total. The molecule has 0 saturated heterocycles. The second-order valence-corrected chi connectivity index (χ2v) is 3.87. The highest BCUT2D eigenvalue weighted by Gasteiger charge is 2.18. The van der Waals surface area contributed by atoms with E-state index in [0.717, 1.165) is 0 Å². The zero-order chi connectivity index (χ0) is 14.0. The van der Waals surface area contributed by atoms with Gasteiger partial charge in [-0.05, 0) is 6.92 Å². The minimum atomic E-state index is -1.17. The molecule has 2 aromatic rings. The molecule has 0 bridgehead atoms. The summed E-state index contributed by atoms with van der Waals surface area (Å²) in [6.07, 6.45) is 0. The molecule has 8 heteroatoms. The van der Waals surface area contributed by atoms with Gasteiger partial charge in [-0.15, -0.1) is 5.10 Å². The van der Waals surface area contributed by atoms with Crippen LogP contribution in [0.5, 0.6) is 0 Å². The lowest BCUT2D eigenvalue weighted by Gasteiger charge is -2.04. The maximum Gasteiger partial charge on any atom is 0.358 e. The molecule has 2 rings (SSSR count). The number of rotatable bonds is 4. The van der Waals surface area contributed by atoms with E-state index in [-0.39, 0.29) is 17.9 Å². The topological polar surface area (TPSA) is 111 Å². The lowest BCUT2D eigenvalue weighted by atomic mass is 10.2. The molecule has 1 heterocycles. The number of aromatic nitrogens is 3. The number of nitro benzene ring substituents is 1. The first kappa shape index (κ1) is 12.7. The van der Waals surface area contributed by atoms with Gasteiger partial charge >= 0.3 is 5.97 Å². The lowest BCUT2D eigenvalue weighted by molar-refractivity contribution is -0.385. The fourth-order valence-electron chi connectivity index (χ4n) is 1.69. The maximum absolute atomic E-state index is 10.9. The van der Waals surface area contributed by atoms with E-state index in [4.69, 9.17) is 5.11 Å². The van der Waals surface area contributed by atoms with Crippen molar-refractivity contribution >= 4 is 11.7 Å². The van der Waals surface area contributed by atoms with Crippen LogP contribution in [0.1, 0.15) is 21.7 Å². The van der Waals surface area contributed by atoms with Crippen molar-refractivity contribution in [2.24, 2.45) is 0 Å². The van der Waals surface area contributed by atoms with Crippen LogP contribution in [0.3, 0.4) is 0 Å². The van der Waals surface area contributed by atoms with Gasteiger partial charge in [0, 0.05) is 6.07 Å². The summed E-state index contributed by atoms with van der Waals surface area (Å²) in [5, 5.41) is 27.0. The maximum atomic E-state index is 10.9. The predicted octanol–water partition coefficient (Wildman–Crippen LogP) is 1.24. The molecule has 0 spiro atoms. The van der Waals surface area contributed by atoms with E-state index in [1.54, 1.807) is 25.1 Å². The first-order valence-corrected chi connectivity index (χ1v) is 5.36. The Kier molecular flexibility index (Phi) is 3.23. The summed E-state index contributed by atoms with van der Waals surface area (Å²) in [6, 6.07) is 6.23. The lowest BCUT2D eigenvalue weighted by Crippen LogP contribution is -2.07. The van der Waals surface area contributed by atoms with Crippen molar-refractivity contribution in [1.82, 2.24) is 15.0 Å². The first-order chi connectivity index (χ1) is 9.00. The minimum Gasteiger partial charge on any atom is -0.476 e. The van der Waals surface area contributed by atoms with E-state index in [2.05, 4.69) is 10.3 Å². The number of nitrogens with zero attached hydrogens (tertiary/aromatic N) is 4. The fraction of sp³-hybridized carbons (Fsp3) is 0.182. The van der Waals surface area contributed by atoms with Crippen molar-refractivity contribution in [3.63, 3.8) is 0 Å². The number of hydrogen-bond donors (Lipinski definition) is 1. The Morgan fingerprint density at radius 2 is 2.16 bits per heavy atom. The van der Waals surface area contributed by atoms with Crippen LogP contribution in [0.2, 0.25) is 0 Å². The van der Waals surface area contributed by atoms with E-state index in [0.29, 0.717) is 11.3 Å². The van der Waals surface area contributed by atoms with Crippen LogP contribution in [0.4, 0.5) is 5.69 Å². The average Bonchev–Trinajstić information content (AvgIpc) is 2.71. The molecule has 0 aliphatic heterocycles. The van der Waals surface area contributed by atoms with Gasteiger partial charge in [-0.1, -0.05) is 23.4 Å². The summed E-state index contributed by atoms with van der Waals surface area (Å²) in [5.74, 6) is -1.17. The normalized spacial score (nSPS) is 10.4. The van der Waals surface area contributed by atoms with Crippen LogP contribution >= 0.6 is 0 Å². The average molecular weight is 262 g/mol. The SMILES string of the molecule is Cc1c(C(=O)O)nnn1Cc1ccccc1[N+](=O)[O-]. The Labute approximate surface area is 107 Å². The van der Waals surface area contributed by atoms with Gasteiger partial charge in [-0.2, -0.15) is 0 Å². The largest absolute Gasteiger partial charge is 0.476 e. The van der Waals surface area contributed by atoms with E-state index in [1.165, 1.54) is 10.7 Å². The highest BCUT2D eigenvalue weighted by molar-refractivity contribution is 5.86. The number of para-hydroxylation sites is 1. The molecule has 8 nitrogen and oxygen atoms in total. The summed E-state index contributed by atoms with van der Waals surface area (Å²) in [7, 11) is 0. The number of nitro groups is 1. The molecule has 0 fully saturated rings. The van der Waals surface area contributed by atoms with Gasteiger partial charge in [0.05, 0.1) is 22.7 Å². The quantitative estimate of drug-likeness (QED) is 0.655. The molecule has 0 saturated carbocycles. The van der Waals surface area contributed by atoms with Gasteiger partial charge in [0.15, 0.2) is 5.69 Å². The van der Waals surface area contributed by atoms with Crippen LogP contribution in [0, 0.1) is 17.0 Å². The molecule has 0 aliphatic carbocycles. The first-order valence-electron chi connectivity index (χ1n) is 5.36. The van der Waals surface area contributed by atoms with Gasteiger partial charge < -0.3 is 5.11 Å². The van der Waals surface area contributed by atoms with Gasteiger partial charge in [0.2, 0.25) is 0 Å². The van der Waals surface area contributed by atoms with Crippen LogP contribution in [-0.4, -0.2) is 31.0 Å². The molecule has 0 amide bonds. The highest BCUT2D eigenvalue weighted by Crippen LogP contribution is 2.19. The summed E-state index contributed by atoms with van der Waals surface area (Å²) in [6.45, 7) is 1.65. The second kappa shape index (κ2) is 4.84.